The second-order valence-electron chi connectivity index (χ2n) is 5.66. The van der Waals surface area contributed by atoms with Gasteiger partial charge in [-0.15, -0.1) is 0 Å². The molecule has 0 bridgehead atoms. The summed E-state index contributed by atoms with van der Waals surface area (Å²) >= 11 is 0. The third-order valence-corrected chi connectivity index (χ3v) is 3.89. The molecule has 3 nitrogen and oxygen atoms in total. The first-order valence-corrected chi connectivity index (χ1v) is 7.74. The van der Waals surface area contributed by atoms with Crippen LogP contribution in [0.1, 0.15) is 65.2 Å². The number of piperidine rings is 1. The molecule has 106 valence electrons. The van der Waals surface area contributed by atoms with E-state index in [2.05, 4.69) is 24.5 Å². The van der Waals surface area contributed by atoms with Crippen LogP contribution in [0.3, 0.4) is 0 Å². The van der Waals surface area contributed by atoms with Crippen LogP contribution in [0, 0.1) is 5.92 Å². The van der Waals surface area contributed by atoms with Gasteiger partial charge in [0.25, 0.3) is 0 Å². The van der Waals surface area contributed by atoms with Crippen molar-refractivity contribution in [3.05, 3.63) is 0 Å². The molecule has 1 fully saturated rings. The Labute approximate surface area is 112 Å². The van der Waals surface area contributed by atoms with Crippen LogP contribution in [0.5, 0.6) is 0 Å². The summed E-state index contributed by atoms with van der Waals surface area (Å²) in [6.45, 7) is 6.50. The van der Waals surface area contributed by atoms with Crippen molar-refractivity contribution in [2.24, 2.45) is 5.92 Å². The minimum Gasteiger partial charge on any atom is -0.353 e. The Morgan fingerprint density at radius 1 is 1.22 bits per heavy atom. The van der Waals surface area contributed by atoms with Crippen molar-refractivity contribution in [2.45, 2.75) is 71.3 Å². The lowest BCUT2D eigenvalue weighted by molar-refractivity contribution is -0.122. The highest BCUT2D eigenvalue weighted by Crippen LogP contribution is 2.11. The Morgan fingerprint density at radius 3 is 2.67 bits per heavy atom. The summed E-state index contributed by atoms with van der Waals surface area (Å²) < 4.78 is 0. The number of amides is 1. The Balaban J connectivity index is 2.02. The van der Waals surface area contributed by atoms with Gasteiger partial charge in [-0.25, -0.2) is 0 Å². The molecule has 2 unspecified atom stereocenters. The maximum Gasteiger partial charge on any atom is 0.220 e. The van der Waals surface area contributed by atoms with Gasteiger partial charge in [0.15, 0.2) is 0 Å². The molecule has 3 heteroatoms. The second kappa shape index (κ2) is 9.37. The van der Waals surface area contributed by atoms with Gasteiger partial charge in [-0.2, -0.15) is 0 Å². The molecule has 2 atom stereocenters. The number of hydrogen-bond acceptors (Lipinski definition) is 2. The van der Waals surface area contributed by atoms with Crippen molar-refractivity contribution < 1.29 is 4.79 Å². The van der Waals surface area contributed by atoms with Crippen molar-refractivity contribution >= 4 is 5.91 Å². The van der Waals surface area contributed by atoms with Gasteiger partial charge in [0.05, 0.1) is 0 Å². The smallest absolute Gasteiger partial charge is 0.220 e. The first-order chi connectivity index (χ1) is 8.74. The molecule has 0 radical (unpaired) electrons. The van der Waals surface area contributed by atoms with E-state index in [-0.39, 0.29) is 5.91 Å². The van der Waals surface area contributed by atoms with Crippen LogP contribution in [0.2, 0.25) is 0 Å². The molecule has 0 aromatic rings. The number of nitrogens with one attached hydrogen (secondary N) is 2. The fourth-order valence-corrected chi connectivity index (χ4v) is 2.57. The molecule has 0 aromatic carbocycles. The van der Waals surface area contributed by atoms with Gasteiger partial charge in [0.2, 0.25) is 5.91 Å². The number of carbonyl (C=O) groups excluding carboxylic acids is 1. The molecule has 1 heterocycles. The van der Waals surface area contributed by atoms with Crippen LogP contribution in [-0.2, 0) is 4.79 Å². The highest BCUT2D eigenvalue weighted by Gasteiger charge is 2.22. The van der Waals surface area contributed by atoms with E-state index in [1.165, 1.54) is 32.1 Å². The van der Waals surface area contributed by atoms with E-state index < -0.39 is 0 Å². The second-order valence-corrected chi connectivity index (χ2v) is 5.66. The third kappa shape index (κ3) is 6.39. The van der Waals surface area contributed by atoms with Crippen LogP contribution in [0.25, 0.3) is 0 Å². The minimum absolute atomic E-state index is 0.254. The number of carbonyl (C=O) groups is 1. The highest BCUT2D eigenvalue weighted by molar-refractivity contribution is 5.76. The Kier molecular flexibility index (Phi) is 8.06. The lowest BCUT2D eigenvalue weighted by Crippen LogP contribution is -2.48. The van der Waals surface area contributed by atoms with Gasteiger partial charge in [-0.3, -0.25) is 4.79 Å². The van der Waals surface area contributed by atoms with Crippen molar-refractivity contribution in [3.63, 3.8) is 0 Å². The van der Waals surface area contributed by atoms with Gasteiger partial charge in [-0.05, 0) is 31.8 Å². The van der Waals surface area contributed by atoms with Crippen LogP contribution >= 0.6 is 0 Å². The van der Waals surface area contributed by atoms with Crippen LogP contribution in [-0.4, -0.2) is 25.0 Å². The quantitative estimate of drug-likeness (QED) is 0.654. The molecule has 2 N–H and O–H groups in total. The molecule has 1 aliphatic heterocycles. The van der Waals surface area contributed by atoms with Crippen LogP contribution < -0.4 is 10.6 Å². The summed E-state index contributed by atoms with van der Waals surface area (Å²) in [5.74, 6) is 0.816. The highest BCUT2D eigenvalue weighted by atomic mass is 16.1. The van der Waals surface area contributed by atoms with E-state index in [1.54, 1.807) is 0 Å². The Morgan fingerprint density at radius 2 is 1.94 bits per heavy atom. The third-order valence-electron chi connectivity index (χ3n) is 3.89. The maximum absolute atomic E-state index is 11.8. The predicted octanol–water partition coefficient (Wildman–Crippen LogP) is 2.85. The number of rotatable bonds is 8. The van der Waals surface area contributed by atoms with Gasteiger partial charge < -0.3 is 10.6 Å². The molecule has 0 saturated carbocycles. The summed E-state index contributed by atoms with van der Waals surface area (Å²) in [4.78, 5) is 11.8. The summed E-state index contributed by atoms with van der Waals surface area (Å²) in [7, 11) is 0. The average molecular weight is 254 g/mol. The Bertz CT molecular complexity index is 231. The van der Waals surface area contributed by atoms with E-state index in [0.29, 0.717) is 18.4 Å². The van der Waals surface area contributed by atoms with E-state index >= 15 is 0 Å². The molecule has 0 spiro atoms. The summed E-state index contributed by atoms with van der Waals surface area (Å²) in [6, 6.07) is 0.388. The topological polar surface area (TPSA) is 41.1 Å². The molecule has 1 saturated heterocycles. The zero-order chi connectivity index (χ0) is 13.2. The lowest BCUT2D eigenvalue weighted by atomic mass is 9.95. The lowest BCUT2D eigenvalue weighted by Gasteiger charge is -2.30. The summed E-state index contributed by atoms with van der Waals surface area (Å²) in [5.41, 5.74) is 0. The molecule has 1 rings (SSSR count). The Hall–Kier alpha value is -0.570. The van der Waals surface area contributed by atoms with Crippen LogP contribution in [0.4, 0.5) is 0 Å². The van der Waals surface area contributed by atoms with Gasteiger partial charge >= 0.3 is 0 Å². The molecule has 18 heavy (non-hydrogen) atoms. The van der Waals surface area contributed by atoms with E-state index in [0.717, 1.165) is 25.9 Å². The molecular formula is C15H30N2O. The number of hydrogen-bond donors (Lipinski definition) is 2. The monoisotopic (exact) mass is 254 g/mol. The zero-order valence-electron chi connectivity index (χ0n) is 12.1. The van der Waals surface area contributed by atoms with E-state index in [9.17, 15) is 4.79 Å². The van der Waals surface area contributed by atoms with Gasteiger partial charge in [0, 0.05) is 12.5 Å². The molecule has 0 aliphatic carbocycles. The maximum atomic E-state index is 11.8. The first kappa shape index (κ1) is 15.5. The first-order valence-electron chi connectivity index (χ1n) is 7.74. The summed E-state index contributed by atoms with van der Waals surface area (Å²) in [6.07, 6.45) is 9.26. The molecule has 1 amide bonds. The molecular weight excluding hydrogens is 224 g/mol. The standard InChI is InChI=1S/C15H30N2O/c1-3-4-5-6-7-8-9-15(18)17-14-10-11-16-12-13(14)2/h13-14,16H,3-12H2,1-2H3,(H,17,18). The fraction of sp³-hybridized carbons (Fsp3) is 0.933. The van der Waals surface area contributed by atoms with E-state index in [1.807, 2.05) is 0 Å². The van der Waals surface area contributed by atoms with Crippen molar-refractivity contribution in [1.82, 2.24) is 10.6 Å². The predicted molar refractivity (Wildman–Crippen MR) is 76.6 cm³/mol. The van der Waals surface area contributed by atoms with Crippen molar-refractivity contribution in [1.29, 1.82) is 0 Å². The summed E-state index contributed by atoms with van der Waals surface area (Å²) in [5, 5.41) is 6.55. The normalized spacial score (nSPS) is 23.9. The van der Waals surface area contributed by atoms with Crippen molar-refractivity contribution in [3.8, 4) is 0 Å². The molecule has 0 aromatic heterocycles. The average Bonchev–Trinajstić information content (AvgIpc) is 2.36. The molecule has 1 aliphatic rings. The largest absolute Gasteiger partial charge is 0.353 e. The number of unbranched alkanes of at least 4 members (excludes halogenated alkanes) is 5. The van der Waals surface area contributed by atoms with E-state index in [4.69, 9.17) is 0 Å². The SMILES string of the molecule is CCCCCCCCC(=O)NC1CCNCC1C. The minimum atomic E-state index is 0.254. The van der Waals surface area contributed by atoms with Crippen LogP contribution in [0.15, 0.2) is 0 Å². The van der Waals surface area contributed by atoms with Crippen molar-refractivity contribution in [2.75, 3.05) is 13.1 Å². The van der Waals surface area contributed by atoms with Gasteiger partial charge in [0.1, 0.15) is 0 Å². The zero-order valence-corrected chi connectivity index (χ0v) is 12.1. The fourth-order valence-electron chi connectivity index (χ4n) is 2.57. The van der Waals surface area contributed by atoms with Gasteiger partial charge in [-0.1, -0.05) is 46.0 Å².